The maximum absolute atomic E-state index is 12.3. The molecule has 0 aliphatic carbocycles. The van der Waals surface area contributed by atoms with E-state index < -0.39 is 15.9 Å². The molecule has 0 aromatic carbocycles. The van der Waals surface area contributed by atoms with Crippen molar-refractivity contribution in [2.75, 3.05) is 25.4 Å². The van der Waals surface area contributed by atoms with Gasteiger partial charge in [0, 0.05) is 12.1 Å². The molecular weight excluding hydrogens is 334 g/mol. The molecule has 0 radical (unpaired) electrons. The van der Waals surface area contributed by atoms with Crippen molar-refractivity contribution in [1.29, 1.82) is 0 Å². The van der Waals surface area contributed by atoms with Gasteiger partial charge in [0.15, 0.2) is 0 Å². The van der Waals surface area contributed by atoms with Crippen molar-refractivity contribution in [3.05, 3.63) is 30.1 Å². The Labute approximate surface area is 141 Å². The highest BCUT2D eigenvalue weighted by Crippen LogP contribution is 2.08. The van der Waals surface area contributed by atoms with Crippen LogP contribution in [0.25, 0.3) is 0 Å². The van der Waals surface area contributed by atoms with Crippen LogP contribution in [0.15, 0.2) is 24.5 Å². The fraction of sp³-hybridized carbons (Fsp3) is 0.533. The second-order valence-corrected chi connectivity index (χ2v) is 7.29. The summed E-state index contributed by atoms with van der Waals surface area (Å²) in [5.41, 5.74) is 0.379. The summed E-state index contributed by atoms with van der Waals surface area (Å²) in [6.45, 7) is 1.64. The van der Waals surface area contributed by atoms with Crippen LogP contribution in [0.5, 0.6) is 0 Å². The van der Waals surface area contributed by atoms with Crippen LogP contribution in [0.3, 0.4) is 0 Å². The van der Waals surface area contributed by atoms with E-state index in [4.69, 9.17) is 4.55 Å². The first-order valence-electron chi connectivity index (χ1n) is 7.91. The van der Waals surface area contributed by atoms with E-state index >= 15 is 0 Å². The molecule has 1 aromatic heterocycles. The maximum Gasteiger partial charge on any atom is 0.497 e. The zero-order chi connectivity index (χ0) is 17.6. The van der Waals surface area contributed by atoms with Crippen molar-refractivity contribution in [3.63, 3.8) is 0 Å². The number of nitrogens with one attached hydrogen (secondary N) is 1. The average molecular weight is 356 g/mol. The van der Waals surface area contributed by atoms with Crippen molar-refractivity contribution in [3.8, 4) is 0 Å². The van der Waals surface area contributed by atoms with Crippen LogP contribution in [0.2, 0.25) is 0 Å². The lowest BCUT2D eigenvalue weighted by Gasteiger charge is -2.19. The molecule has 2 amide bonds. The SMILES string of the molecule is O=C(NCCCS(=O)(=O)O)c1cc[n+](C(=O)N2CCCCC2)cc1. The largest absolute Gasteiger partial charge is 0.497 e. The van der Waals surface area contributed by atoms with Crippen molar-refractivity contribution in [2.24, 2.45) is 0 Å². The topological polar surface area (TPSA) is 108 Å². The molecule has 1 fully saturated rings. The summed E-state index contributed by atoms with van der Waals surface area (Å²) in [6, 6.07) is 2.98. The van der Waals surface area contributed by atoms with Gasteiger partial charge in [-0.1, -0.05) is 0 Å². The van der Waals surface area contributed by atoms with E-state index in [1.807, 2.05) is 0 Å². The predicted molar refractivity (Wildman–Crippen MR) is 86.2 cm³/mol. The highest BCUT2D eigenvalue weighted by atomic mass is 32.2. The van der Waals surface area contributed by atoms with Crippen LogP contribution in [0.4, 0.5) is 4.79 Å². The normalized spacial score (nSPS) is 15.1. The van der Waals surface area contributed by atoms with Gasteiger partial charge in [-0.2, -0.15) is 17.8 Å². The van der Waals surface area contributed by atoms with Crippen molar-refractivity contribution in [1.82, 2.24) is 10.2 Å². The van der Waals surface area contributed by atoms with Crippen molar-refractivity contribution >= 4 is 22.1 Å². The Morgan fingerprint density at radius 1 is 1.17 bits per heavy atom. The zero-order valence-corrected chi connectivity index (χ0v) is 14.2. The number of amides is 2. The van der Waals surface area contributed by atoms with Gasteiger partial charge in [0.1, 0.15) is 12.4 Å². The van der Waals surface area contributed by atoms with Gasteiger partial charge in [-0.3, -0.25) is 9.35 Å². The Bertz CT molecular complexity index is 682. The Hall–Kier alpha value is -2.00. The molecule has 0 saturated carbocycles. The summed E-state index contributed by atoms with van der Waals surface area (Å²) in [5.74, 6) is -0.755. The third kappa shape index (κ3) is 5.57. The second kappa shape index (κ2) is 8.20. The summed E-state index contributed by atoms with van der Waals surface area (Å²) in [7, 11) is -4.01. The predicted octanol–water partition coefficient (Wildman–Crippen LogP) is 0.436. The van der Waals surface area contributed by atoms with Gasteiger partial charge in [0.05, 0.1) is 18.8 Å². The fourth-order valence-corrected chi connectivity index (χ4v) is 3.02. The molecule has 8 nitrogen and oxygen atoms in total. The first-order valence-corrected chi connectivity index (χ1v) is 9.52. The molecule has 1 aliphatic rings. The number of nitrogens with zero attached hydrogens (tertiary/aromatic N) is 2. The van der Waals surface area contributed by atoms with Crippen LogP contribution < -0.4 is 9.88 Å². The molecule has 1 aromatic rings. The molecule has 2 N–H and O–H groups in total. The van der Waals surface area contributed by atoms with E-state index in [0.717, 1.165) is 32.4 Å². The number of hydrogen-bond donors (Lipinski definition) is 2. The van der Waals surface area contributed by atoms with Gasteiger partial charge in [-0.25, -0.2) is 4.90 Å². The van der Waals surface area contributed by atoms with E-state index in [1.54, 1.807) is 29.4 Å². The number of rotatable bonds is 5. The molecule has 1 saturated heterocycles. The van der Waals surface area contributed by atoms with Gasteiger partial charge in [-0.15, -0.1) is 0 Å². The van der Waals surface area contributed by atoms with Gasteiger partial charge < -0.3 is 5.32 Å². The summed E-state index contributed by atoms with van der Waals surface area (Å²) in [6.07, 6.45) is 6.39. The molecule has 9 heteroatoms. The number of carbonyl (C=O) groups excluding carboxylic acids is 2. The number of carbonyl (C=O) groups is 2. The smallest absolute Gasteiger partial charge is 0.352 e. The number of piperidine rings is 1. The molecular formula is C15H22N3O5S+. The van der Waals surface area contributed by atoms with Gasteiger partial charge in [0.2, 0.25) is 0 Å². The van der Waals surface area contributed by atoms with E-state index in [0.29, 0.717) is 5.56 Å². The van der Waals surface area contributed by atoms with Crippen LogP contribution >= 0.6 is 0 Å². The molecule has 0 unspecified atom stereocenters. The summed E-state index contributed by atoms with van der Waals surface area (Å²) in [4.78, 5) is 26.0. The van der Waals surface area contributed by atoms with Crippen LogP contribution in [-0.2, 0) is 10.1 Å². The highest BCUT2D eigenvalue weighted by Gasteiger charge is 2.26. The lowest BCUT2D eigenvalue weighted by atomic mass is 10.1. The monoisotopic (exact) mass is 356 g/mol. The average Bonchev–Trinajstić information content (AvgIpc) is 2.58. The van der Waals surface area contributed by atoms with E-state index in [9.17, 15) is 18.0 Å². The minimum Gasteiger partial charge on any atom is -0.352 e. The molecule has 2 heterocycles. The fourth-order valence-electron chi connectivity index (χ4n) is 2.51. The van der Waals surface area contributed by atoms with E-state index in [1.165, 1.54) is 4.57 Å². The molecule has 0 bridgehead atoms. The first kappa shape index (κ1) is 18.3. The summed E-state index contributed by atoms with van der Waals surface area (Å²) in [5, 5.41) is 2.56. The van der Waals surface area contributed by atoms with Crippen molar-refractivity contribution < 1.29 is 27.1 Å². The highest BCUT2D eigenvalue weighted by molar-refractivity contribution is 7.85. The van der Waals surface area contributed by atoms with Crippen LogP contribution in [0.1, 0.15) is 36.0 Å². The van der Waals surface area contributed by atoms with Gasteiger partial charge in [-0.05, 0) is 37.8 Å². The maximum atomic E-state index is 12.3. The molecule has 2 rings (SSSR count). The lowest BCUT2D eigenvalue weighted by molar-refractivity contribution is -0.578. The minimum absolute atomic E-state index is 0.102. The molecule has 0 spiro atoms. The summed E-state index contributed by atoms with van der Waals surface area (Å²) >= 11 is 0. The first-order chi connectivity index (χ1) is 11.4. The Kier molecular flexibility index (Phi) is 6.27. The molecule has 0 atom stereocenters. The van der Waals surface area contributed by atoms with Crippen molar-refractivity contribution in [2.45, 2.75) is 25.7 Å². The molecule has 132 valence electrons. The van der Waals surface area contributed by atoms with E-state index in [2.05, 4.69) is 5.32 Å². The number of pyridine rings is 1. The minimum atomic E-state index is -4.01. The Morgan fingerprint density at radius 3 is 2.38 bits per heavy atom. The lowest BCUT2D eigenvalue weighted by Crippen LogP contribution is -2.53. The number of hydrogen-bond acceptors (Lipinski definition) is 4. The quantitative estimate of drug-likeness (QED) is 0.452. The standard InChI is InChI=1S/C15H21N3O5S/c19-14(16-7-4-12-24(21,22)23)13-5-10-18(11-6-13)15(20)17-8-2-1-3-9-17/h5-6,10-11H,1-4,7-9,12H2,(H-,16,19,21,22,23)/p+1. The molecule has 1 aliphatic heterocycles. The van der Waals surface area contributed by atoms with E-state index in [-0.39, 0.29) is 24.9 Å². The third-order valence-corrected chi connectivity index (χ3v) is 4.61. The second-order valence-electron chi connectivity index (χ2n) is 5.72. The van der Waals surface area contributed by atoms with Gasteiger partial charge >= 0.3 is 6.03 Å². The Morgan fingerprint density at radius 2 is 1.79 bits per heavy atom. The number of likely N-dealkylation sites (tertiary alicyclic amines) is 1. The molecule has 24 heavy (non-hydrogen) atoms. The number of aromatic nitrogens is 1. The zero-order valence-electron chi connectivity index (χ0n) is 13.3. The van der Waals surface area contributed by atoms with Gasteiger partial charge in [0.25, 0.3) is 16.0 Å². The van der Waals surface area contributed by atoms with Crippen LogP contribution in [-0.4, -0.2) is 55.2 Å². The van der Waals surface area contributed by atoms with Crippen LogP contribution in [0, 0.1) is 0 Å². The third-order valence-electron chi connectivity index (χ3n) is 3.80. The summed E-state index contributed by atoms with van der Waals surface area (Å²) < 4.78 is 31.2. The Balaban J connectivity index is 1.86.